The van der Waals surface area contributed by atoms with E-state index in [1.165, 1.54) is 0 Å². The molecule has 124 valence electrons. The van der Waals surface area contributed by atoms with Crippen LogP contribution in [0, 0.1) is 0 Å². The first-order valence-corrected chi connectivity index (χ1v) is 8.33. The maximum atomic E-state index is 12.4. The van der Waals surface area contributed by atoms with Crippen LogP contribution in [0.5, 0.6) is 0 Å². The number of rotatable bonds is 3. The van der Waals surface area contributed by atoms with Gasteiger partial charge in [-0.1, -0.05) is 29.3 Å². The zero-order valence-electron chi connectivity index (χ0n) is 12.8. The second-order valence-electron chi connectivity index (χ2n) is 5.49. The van der Waals surface area contributed by atoms with Crippen molar-refractivity contribution in [2.75, 3.05) is 18.4 Å². The van der Waals surface area contributed by atoms with Crippen molar-refractivity contribution in [3.63, 3.8) is 0 Å². The Morgan fingerprint density at radius 3 is 2.50 bits per heavy atom. The molecule has 2 heterocycles. The summed E-state index contributed by atoms with van der Waals surface area (Å²) in [5.74, 6) is -0.599. The highest BCUT2D eigenvalue weighted by atomic mass is 35.5. The Hall–Kier alpha value is -2.11. The summed E-state index contributed by atoms with van der Waals surface area (Å²) in [5.41, 5.74) is 0.810. The molecule has 0 bridgehead atoms. The van der Waals surface area contributed by atoms with Gasteiger partial charge in [0.1, 0.15) is 11.4 Å². The van der Waals surface area contributed by atoms with E-state index in [0.29, 0.717) is 15.7 Å². The molecule has 7 heteroatoms. The van der Waals surface area contributed by atoms with Gasteiger partial charge in [-0.25, -0.2) is 4.98 Å². The first-order valence-electron chi connectivity index (χ1n) is 7.57. The van der Waals surface area contributed by atoms with Gasteiger partial charge < -0.3 is 10.2 Å². The number of carbonyl (C=O) groups is 2. The molecule has 1 fully saturated rings. The van der Waals surface area contributed by atoms with Crippen molar-refractivity contribution < 1.29 is 9.59 Å². The van der Waals surface area contributed by atoms with Gasteiger partial charge in [-0.05, 0) is 43.2 Å². The van der Waals surface area contributed by atoms with E-state index in [0.717, 1.165) is 25.9 Å². The van der Waals surface area contributed by atoms with Crippen molar-refractivity contribution in [1.29, 1.82) is 0 Å². The van der Waals surface area contributed by atoms with Crippen molar-refractivity contribution in [3.05, 3.63) is 57.8 Å². The summed E-state index contributed by atoms with van der Waals surface area (Å²) in [7, 11) is 0. The van der Waals surface area contributed by atoms with Crippen LogP contribution in [-0.2, 0) is 0 Å². The Labute approximate surface area is 149 Å². The molecular weight excluding hydrogens is 349 g/mol. The van der Waals surface area contributed by atoms with Crippen molar-refractivity contribution in [2.45, 2.75) is 12.8 Å². The highest BCUT2D eigenvalue weighted by Crippen LogP contribution is 2.25. The Bertz CT molecular complexity index is 789. The molecule has 0 radical (unpaired) electrons. The summed E-state index contributed by atoms with van der Waals surface area (Å²) >= 11 is 12.0. The zero-order chi connectivity index (χ0) is 17.1. The lowest BCUT2D eigenvalue weighted by Crippen LogP contribution is -2.29. The minimum Gasteiger partial charge on any atom is -0.337 e. The van der Waals surface area contributed by atoms with Crippen LogP contribution in [0.1, 0.15) is 33.8 Å². The third-order valence-electron chi connectivity index (χ3n) is 3.77. The molecule has 1 aliphatic rings. The van der Waals surface area contributed by atoms with Gasteiger partial charge in [-0.3, -0.25) is 9.59 Å². The molecule has 0 saturated carbocycles. The van der Waals surface area contributed by atoms with Gasteiger partial charge in [-0.2, -0.15) is 0 Å². The highest BCUT2D eigenvalue weighted by Gasteiger charge is 2.21. The van der Waals surface area contributed by atoms with Gasteiger partial charge in [0, 0.05) is 18.1 Å². The Kier molecular flexibility index (Phi) is 5.02. The zero-order valence-corrected chi connectivity index (χ0v) is 14.3. The molecule has 1 saturated heterocycles. The first kappa shape index (κ1) is 16.7. The van der Waals surface area contributed by atoms with Crippen molar-refractivity contribution in [2.24, 2.45) is 0 Å². The third kappa shape index (κ3) is 3.68. The van der Waals surface area contributed by atoms with E-state index >= 15 is 0 Å². The molecule has 3 rings (SSSR count). The number of halogens is 2. The molecule has 1 aromatic heterocycles. The number of pyridine rings is 1. The van der Waals surface area contributed by atoms with Crippen LogP contribution in [0.3, 0.4) is 0 Å². The number of nitrogens with one attached hydrogen (secondary N) is 1. The lowest BCUT2D eigenvalue weighted by molar-refractivity contribution is 0.0787. The molecule has 0 spiro atoms. The summed E-state index contributed by atoms with van der Waals surface area (Å²) < 4.78 is 0. The van der Waals surface area contributed by atoms with Crippen LogP contribution in [0.25, 0.3) is 0 Å². The van der Waals surface area contributed by atoms with E-state index in [9.17, 15) is 9.59 Å². The lowest BCUT2D eigenvalue weighted by Gasteiger charge is -2.15. The molecule has 2 aromatic rings. The van der Waals surface area contributed by atoms with Gasteiger partial charge in [-0.15, -0.1) is 0 Å². The number of likely N-dealkylation sites (tertiary alicyclic amines) is 1. The number of aromatic nitrogens is 1. The topological polar surface area (TPSA) is 62.3 Å². The van der Waals surface area contributed by atoms with E-state index in [1.807, 2.05) is 0 Å². The van der Waals surface area contributed by atoms with Crippen LogP contribution >= 0.6 is 23.2 Å². The molecule has 1 aromatic carbocycles. The second-order valence-corrected chi connectivity index (χ2v) is 6.33. The van der Waals surface area contributed by atoms with Crippen LogP contribution in [0.4, 0.5) is 5.69 Å². The monoisotopic (exact) mass is 363 g/mol. The number of hydrogen-bond donors (Lipinski definition) is 1. The van der Waals surface area contributed by atoms with Gasteiger partial charge in [0.25, 0.3) is 11.8 Å². The Morgan fingerprint density at radius 1 is 1.04 bits per heavy atom. The normalized spacial score (nSPS) is 13.8. The van der Waals surface area contributed by atoms with Gasteiger partial charge in [0.15, 0.2) is 0 Å². The van der Waals surface area contributed by atoms with Gasteiger partial charge >= 0.3 is 0 Å². The van der Waals surface area contributed by atoms with E-state index in [2.05, 4.69) is 10.3 Å². The summed E-state index contributed by atoms with van der Waals surface area (Å²) in [4.78, 5) is 30.7. The van der Waals surface area contributed by atoms with Crippen LogP contribution in [-0.4, -0.2) is 34.8 Å². The maximum absolute atomic E-state index is 12.4. The molecule has 1 N–H and O–H groups in total. The molecule has 0 unspecified atom stereocenters. The van der Waals surface area contributed by atoms with Crippen molar-refractivity contribution >= 4 is 40.7 Å². The summed E-state index contributed by atoms with van der Waals surface area (Å²) in [5, 5.41) is 3.49. The smallest absolute Gasteiger partial charge is 0.274 e. The molecule has 0 atom stereocenters. The number of anilines is 1. The maximum Gasteiger partial charge on any atom is 0.274 e. The fourth-order valence-electron chi connectivity index (χ4n) is 2.54. The van der Waals surface area contributed by atoms with Gasteiger partial charge in [0.2, 0.25) is 0 Å². The second kappa shape index (κ2) is 7.20. The van der Waals surface area contributed by atoms with Gasteiger partial charge in [0.05, 0.1) is 10.7 Å². The fraction of sp³-hybridized carbons (Fsp3) is 0.235. The molecule has 24 heavy (non-hydrogen) atoms. The number of nitrogens with zero attached hydrogens (tertiary/aromatic N) is 2. The number of carbonyl (C=O) groups excluding carboxylic acids is 2. The molecular formula is C17H15Cl2N3O2. The molecule has 1 aliphatic heterocycles. The highest BCUT2D eigenvalue weighted by molar-refractivity contribution is 6.35. The van der Waals surface area contributed by atoms with Crippen LogP contribution in [0.15, 0.2) is 36.4 Å². The van der Waals surface area contributed by atoms with Crippen LogP contribution in [0.2, 0.25) is 10.0 Å². The first-order chi connectivity index (χ1) is 11.5. The Morgan fingerprint density at radius 2 is 1.75 bits per heavy atom. The predicted molar refractivity (Wildman–Crippen MR) is 93.8 cm³/mol. The average Bonchev–Trinajstić information content (AvgIpc) is 3.12. The number of hydrogen-bond acceptors (Lipinski definition) is 3. The minimum absolute atomic E-state index is 0.149. The predicted octanol–water partition coefficient (Wildman–Crippen LogP) is 3.88. The summed E-state index contributed by atoms with van der Waals surface area (Å²) in [6, 6.07) is 9.59. The van der Waals surface area contributed by atoms with E-state index in [-0.39, 0.29) is 17.3 Å². The largest absolute Gasteiger partial charge is 0.337 e. The van der Waals surface area contributed by atoms with Crippen molar-refractivity contribution in [1.82, 2.24) is 9.88 Å². The van der Waals surface area contributed by atoms with E-state index < -0.39 is 5.91 Å². The molecule has 0 aliphatic carbocycles. The summed E-state index contributed by atoms with van der Waals surface area (Å²) in [6.07, 6.45) is 2.00. The average molecular weight is 364 g/mol. The number of benzene rings is 1. The number of amides is 2. The minimum atomic E-state index is -0.449. The Balaban J connectivity index is 1.79. The molecule has 2 amide bonds. The third-order valence-corrected chi connectivity index (χ3v) is 4.34. The lowest BCUT2D eigenvalue weighted by atomic mass is 10.2. The fourth-order valence-corrected chi connectivity index (χ4v) is 2.88. The van der Waals surface area contributed by atoms with Crippen molar-refractivity contribution in [3.8, 4) is 0 Å². The summed E-state index contributed by atoms with van der Waals surface area (Å²) in [6.45, 7) is 1.46. The van der Waals surface area contributed by atoms with E-state index in [4.69, 9.17) is 23.2 Å². The quantitative estimate of drug-likeness (QED) is 0.899. The molecule has 5 nitrogen and oxygen atoms in total. The van der Waals surface area contributed by atoms with E-state index in [1.54, 1.807) is 41.3 Å². The standard InChI is InChI=1S/C17H15Cl2N3O2/c18-11-6-7-12(19)15(10-11)21-16(23)13-4-3-5-14(20-13)17(24)22-8-1-2-9-22/h3-7,10H,1-2,8-9H2,(H,21,23). The van der Waals surface area contributed by atoms with Crippen LogP contribution < -0.4 is 5.32 Å². The SMILES string of the molecule is O=C(Nc1cc(Cl)ccc1Cl)c1cccc(C(=O)N2CCCC2)n1.